The van der Waals surface area contributed by atoms with Gasteiger partial charge in [-0.2, -0.15) is 0 Å². The Hall–Kier alpha value is -2.63. The number of carbonyl (C=O) groups is 1. The van der Waals surface area contributed by atoms with Gasteiger partial charge in [0.05, 0.1) is 25.2 Å². The smallest absolute Gasteiger partial charge is 0.358 e. The second-order valence-corrected chi connectivity index (χ2v) is 6.93. The van der Waals surface area contributed by atoms with Crippen LogP contribution in [0.1, 0.15) is 41.5 Å². The lowest BCUT2D eigenvalue weighted by Crippen LogP contribution is -2.48. The van der Waals surface area contributed by atoms with Crippen molar-refractivity contribution in [2.75, 3.05) is 24.6 Å². The van der Waals surface area contributed by atoms with Crippen LogP contribution in [0.5, 0.6) is 0 Å². The highest BCUT2D eigenvalue weighted by Gasteiger charge is 2.52. The van der Waals surface area contributed by atoms with Crippen LogP contribution in [0.3, 0.4) is 0 Å². The number of imidazole rings is 1. The first-order valence-electron chi connectivity index (χ1n) is 8.69. The minimum atomic E-state index is -0.398. The first kappa shape index (κ1) is 15.9. The molecule has 25 heavy (non-hydrogen) atoms. The molecular formula is C19H22N4O2. The topological polar surface area (TPSA) is 60.2 Å². The van der Waals surface area contributed by atoms with Crippen molar-refractivity contribution in [3.05, 3.63) is 48.2 Å². The molecule has 0 N–H and O–H groups in total. The maximum atomic E-state index is 11.7. The molecule has 6 heteroatoms. The summed E-state index contributed by atoms with van der Waals surface area (Å²) in [6.45, 7) is 8.86. The summed E-state index contributed by atoms with van der Waals surface area (Å²) in [4.78, 5) is 22.9. The predicted molar refractivity (Wildman–Crippen MR) is 95.5 cm³/mol. The molecule has 6 nitrogen and oxygen atoms in total. The molecule has 0 aromatic carbocycles. The van der Waals surface area contributed by atoms with Crippen molar-refractivity contribution in [1.82, 2.24) is 14.5 Å². The fraction of sp³-hybridized carbons (Fsp3) is 0.421. The molecule has 1 saturated carbocycles. The molecule has 1 aliphatic carbocycles. The Kier molecular flexibility index (Phi) is 3.82. The fourth-order valence-electron chi connectivity index (χ4n) is 3.35. The monoisotopic (exact) mass is 338 g/mol. The Morgan fingerprint density at radius 3 is 2.88 bits per heavy atom. The average molecular weight is 338 g/mol. The molecule has 0 unspecified atom stereocenters. The Bertz CT molecular complexity index is 815. The molecule has 1 saturated heterocycles. The lowest BCUT2D eigenvalue weighted by molar-refractivity contribution is 0.0520. The number of pyridine rings is 1. The van der Waals surface area contributed by atoms with E-state index in [1.165, 1.54) is 12.8 Å². The van der Waals surface area contributed by atoms with Crippen LogP contribution < -0.4 is 4.90 Å². The van der Waals surface area contributed by atoms with E-state index < -0.39 is 5.97 Å². The number of carbonyl (C=O) groups excluding carboxylic acids is 1. The molecule has 0 radical (unpaired) electrons. The number of esters is 1. The zero-order valence-electron chi connectivity index (χ0n) is 14.4. The average Bonchev–Trinajstić information content (AvgIpc) is 3.26. The molecule has 2 aromatic rings. The molecule has 0 atom stereocenters. The van der Waals surface area contributed by atoms with E-state index in [4.69, 9.17) is 9.72 Å². The fourth-order valence-corrected chi connectivity index (χ4v) is 3.35. The summed E-state index contributed by atoms with van der Waals surface area (Å²) in [5.74, 6) is 0.625. The molecule has 0 amide bonds. The largest absolute Gasteiger partial charge is 0.461 e. The van der Waals surface area contributed by atoms with Gasteiger partial charge in [0.1, 0.15) is 5.82 Å². The Morgan fingerprint density at radius 1 is 1.40 bits per heavy atom. The number of hydrogen-bond acceptors (Lipinski definition) is 5. The Morgan fingerprint density at radius 2 is 2.20 bits per heavy atom. The van der Waals surface area contributed by atoms with Gasteiger partial charge in [-0.1, -0.05) is 12.6 Å². The molecular weight excluding hydrogens is 316 g/mol. The van der Waals surface area contributed by atoms with Gasteiger partial charge < -0.3 is 14.2 Å². The number of rotatable bonds is 6. The van der Waals surface area contributed by atoms with E-state index in [1.54, 1.807) is 25.5 Å². The highest BCUT2D eigenvalue weighted by molar-refractivity contribution is 5.86. The molecule has 1 aliphatic heterocycles. The van der Waals surface area contributed by atoms with Gasteiger partial charge >= 0.3 is 5.97 Å². The van der Waals surface area contributed by atoms with Crippen molar-refractivity contribution in [1.29, 1.82) is 0 Å². The van der Waals surface area contributed by atoms with Crippen LogP contribution in [0.2, 0.25) is 0 Å². The standard InChI is InChI=1S/C19H22N4O2/c1-3-15-14(9-22-10-16(20-13-22)18(24)25-4-2)5-6-17(21-15)23-11-19(12-23)7-8-19/h3,5-6,10,13H,1,4,7-9,11-12H2,2H3. The molecule has 2 aromatic heterocycles. The lowest BCUT2D eigenvalue weighted by Gasteiger charge is -2.41. The predicted octanol–water partition coefficient (Wildman–Crippen LogP) is 2.75. The van der Waals surface area contributed by atoms with Gasteiger partial charge in [0.2, 0.25) is 0 Å². The maximum absolute atomic E-state index is 11.7. The van der Waals surface area contributed by atoms with Crippen molar-refractivity contribution in [2.24, 2.45) is 5.41 Å². The van der Waals surface area contributed by atoms with Gasteiger partial charge in [0, 0.05) is 24.7 Å². The quantitative estimate of drug-likeness (QED) is 0.758. The number of aromatic nitrogens is 3. The van der Waals surface area contributed by atoms with E-state index in [-0.39, 0.29) is 0 Å². The van der Waals surface area contributed by atoms with Crippen LogP contribution in [0.25, 0.3) is 6.08 Å². The van der Waals surface area contributed by atoms with Gasteiger partial charge in [-0.05, 0) is 37.5 Å². The van der Waals surface area contributed by atoms with E-state index in [9.17, 15) is 4.79 Å². The number of ether oxygens (including phenoxy) is 1. The first-order valence-corrected chi connectivity index (χ1v) is 8.69. The molecule has 2 aliphatic rings. The van der Waals surface area contributed by atoms with Gasteiger partial charge in [0.15, 0.2) is 5.69 Å². The van der Waals surface area contributed by atoms with Gasteiger partial charge in [-0.15, -0.1) is 0 Å². The summed E-state index contributed by atoms with van der Waals surface area (Å²) in [6, 6.07) is 4.15. The van der Waals surface area contributed by atoms with Crippen molar-refractivity contribution in [2.45, 2.75) is 26.3 Å². The number of hydrogen-bond donors (Lipinski definition) is 0. The maximum Gasteiger partial charge on any atom is 0.358 e. The summed E-state index contributed by atoms with van der Waals surface area (Å²) in [5, 5.41) is 0. The second-order valence-electron chi connectivity index (χ2n) is 6.93. The third-order valence-corrected chi connectivity index (χ3v) is 5.00. The van der Waals surface area contributed by atoms with E-state index in [2.05, 4.69) is 28.6 Å². The summed E-state index contributed by atoms with van der Waals surface area (Å²) >= 11 is 0. The van der Waals surface area contributed by atoms with Crippen LogP contribution in [0, 0.1) is 5.41 Å². The Balaban J connectivity index is 1.48. The van der Waals surface area contributed by atoms with Crippen molar-refractivity contribution in [3.8, 4) is 0 Å². The van der Waals surface area contributed by atoms with Gasteiger partial charge in [0.25, 0.3) is 0 Å². The molecule has 1 spiro atoms. The highest BCUT2D eigenvalue weighted by atomic mass is 16.5. The summed E-state index contributed by atoms with van der Waals surface area (Å²) in [6.07, 6.45) is 7.84. The summed E-state index contributed by atoms with van der Waals surface area (Å²) in [7, 11) is 0. The van der Waals surface area contributed by atoms with Crippen LogP contribution in [-0.2, 0) is 11.3 Å². The third-order valence-electron chi connectivity index (χ3n) is 5.00. The Labute approximate surface area is 147 Å². The van der Waals surface area contributed by atoms with Crippen molar-refractivity contribution >= 4 is 17.9 Å². The SMILES string of the molecule is C=Cc1nc(N2CC3(CC3)C2)ccc1Cn1cnc(C(=O)OCC)c1. The van der Waals surface area contributed by atoms with E-state index in [0.717, 1.165) is 30.2 Å². The lowest BCUT2D eigenvalue weighted by atomic mass is 9.97. The number of nitrogens with zero attached hydrogens (tertiary/aromatic N) is 4. The summed E-state index contributed by atoms with van der Waals surface area (Å²) < 4.78 is 6.83. The highest BCUT2D eigenvalue weighted by Crippen LogP contribution is 2.53. The van der Waals surface area contributed by atoms with E-state index in [1.807, 2.05) is 4.57 Å². The van der Waals surface area contributed by atoms with Gasteiger partial charge in [-0.25, -0.2) is 14.8 Å². The van der Waals surface area contributed by atoms with Gasteiger partial charge in [-0.3, -0.25) is 0 Å². The minimum Gasteiger partial charge on any atom is -0.461 e. The van der Waals surface area contributed by atoms with Crippen LogP contribution >= 0.6 is 0 Å². The van der Waals surface area contributed by atoms with Crippen LogP contribution in [0.15, 0.2) is 31.2 Å². The third kappa shape index (κ3) is 3.04. The zero-order chi connectivity index (χ0) is 17.4. The van der Waals surface area contributed by atoms with E-state index >= 15 is 0 Å². The van der Waals surface area contributed by atoms with E-state index in [0.29, 0.717) is 24.3 Å². The molecule has 2 fully saturated rings. The van der Waals surface area contributed by atoms with Crippen LogP contribution in [0.4, 0.5) is 5.82 Å². The molecule has 0 bridgehead atoms. The normalized spacial score (nSPS) is 17.2. The van der Waals surface area contributed by atoms with Crippen molar-refractivity contribution < 1.29 is 9.53 Å². The minimum absolute atomic E-state index is 0.321. The van der Waals surface area contributed by atoms with Crippen LogP contribution in [-0.4, -0.2) is 40.2 Å². The first-order chi connectivity index (χ1) is 12.1. The molecule has 4 rings (SSSR count). The molecule has 130 valence electrons. The zero-order valence-corrected chi connectivity index (χ0v) is 14.4. The summed E-state index contributed by atoms with van der Waals surface area (Å²) in [5.41, 5.74) is 2.85. The molecule has 3 heterocycles. The number of anilines is 1. The van der Waals surface area contributed by atoms with Crippen molar-refractivity contribution in [3.63, 3.8) is 0 Å². The second kappa shape index (κ2) is 6.02.